The van der Waals surface area contributed by atoms with E-state index in [0.29, 0.717) is 11.8 Å². The van der Waals surface area contributed by atoms with Crippen molar-refractivity contribution < 1.29 is 4.79 Å². The Labute approximate surface area is 131 Å². The van der Waals surface area contributed by atoms with E-state index < -0.39 is 0 Å². The molecule has 1 fully saturated rings. The summed E-state index contributed by atoms with van der Waals surface area (Å²) in [7, 11) is 0. The lowest BCUT2D eigenvalue weighted by Crippen LogP contribution is -2.45. The number of fused-ring (bicyclic) bond motifs is 1. The number of rotatable bonds is 2. The topological polar surface area (TPSA) is 60.1 Å². The van der Waals surface area contributed by atoms with Crippen LogP contribution >= 0.6 is 0 Å². The Kier molecular flexibility index (Phi) is 4.36. The van der Waals surface area contributed by atoms with Crippen LogP contribution in [0.3, 0.4) is 0 Å². The number of hydrogen-bond acceptors (Lipinski definition) is 3. The van der Waals surface area contributed by atoms with Gasteiger partial charge in [-0.1, -0.05) is 20.3 Å². The van der Waals surface area contributed by atoms with E-state index in [1.807, 2.05) is 4.90 Å². The number of amides is 1. The molecule has 6 heteroatoms. The average molecular weight is 306 g/mol. The van der Waals surface area contributed by atoms with Crippen LogP contribution in [0.5, 0.6) is 0 Å². The number of carbonyl (C=O) groups excluding carboxylic acids is 1. The van der Waals surface area contributed by atoms with Gasteiger partial charge in [-0.15, -0.1) is 0 Å². The molecule has 22 heavy (non-hydrogen) atoms. The van der Waals surface area contributed by atoms with Crippen molar-refractivity contribution >= 4 is 5.91 Å². The molecule has 1 aromatic rings. The SMILES string of the molecule is CC1CC(C)CN(C(=O)Cn2nc3n(c2=O)CCCCC3)C1. The number of piperidine rings is 1. The maximum absolute atomic E-state index is 12.5. The summed E-state index contributed by atoms with van der Waals surface area (Å²) < 4.78 is 3.12. The van der Waals surface area contributed by atoms with Crippen molar-refractivity contribution in [3.05, 3.63) is 16.3 Å². The molecule has 0 aliphatic carbocycles. The van der Waals surface area contributed by atoms with Gasteiger partial charge in [0.15, 0.2) is 0 Å². The van der Waals surface area contributed by atoms with Gasteiger partial charge < -0.3 is 4.90 Å². The molecule has 0 aromatic carbocycles. The first-order valence-corrected chi connectivity index (χ1v) is 8.49. The lowest BCUT2D eigenvalue weighted by molar-refractivity contribution is -0.134. The zero-order chi connectivity index (χ0) is 15.7. The molecule has 0 N–H and O–H groups in total. The molecule has 1 amide bonds. The lowest BCUT2D eigenvalue weighted by Gasteiger charge is -2.34. The minimum Gasteiger partial charge on any atom is -0.341 e. The third kappa shape index (κ3) is 3.10. The summed E-state index contributed by atoms with van der Waals surface area (Å²) >= 11 is 0. The molecule has 122 valence electrons. The molecule has 2 aliphatic heterocycles. The van der Waals surface area contributed by atoms with E-state index in [2.05, 4.69) is 18.9 Å². The van der Waals surface area contributed by atoms with Gasteiger partial charge in [-0.3, -0.25) is 9.36 Å². The fourth-order valence-corrected chi connectivity index (χ4v) is 3.82. The van der Waals surface area contributed by atoms with Crippen molar-refractivity contribution in [3.8, 4) is 0 Å². The van der Waals surface area contributed by atoms with E-state index in [-0.39, 0.29) is 18.1 Å². The van der Waals surface area contributed by atoms with Gasteiger partial charge in [0.2, 0.25) is 5.91 Å². The van der Waals surface area contributed by atoms with Crippen LogP contribution in [0.2, 0.25) is 0 Å². The van der Waals surface area contributed by atoms with Gasteiger partial charge >= 0.3 is 5.69 Å². The van der Waals surface area contributed by atoms with Crippen molar-refractivity contribution in [1.29, 1.82) is 0 Å². The van der Waals surface area contributed by atoms with E-state index in [1.165, 1.54) is 11.1 Å². The monoisotopic (exact) mass is 306 g/mol. The number of hydrogen-bond donors (Lipinski definition) is 0. The highest BCUT2D eigenvalue weighted by atomic mass is 16.2. The van der Waals surface area contributed by atoms with Crippen molar-refractivity contribution in [2.45, 2.75) is 59.0 Å². The van der Waals surface area contributed by atoms with Crippen LogP contribution in [0.15, 0.2) is 4.79 Å². The van der Waals surface area contributed by atoms with Crippen LogP contribution in [0, 0.1) is 11.8 Å². The van der Waals surface area contributed by atoms with Crippen LogP contribution in [0.4, 0.5) is 0 Å². The number of aryl methyl sites for hydroxylation is 1. The molecule has 2 aliphatic rings. The van der Waals surface area contributed by atoms with Crippen molar-refractivity contribution in [3.63, 3.8) is 0 Å². The molecule has 0 spiro atoms. The molecular formula is C16H26N4O2. The van der Waals surface area contributed by atoms with E-state index >= 15 is 0 Å². The largest absolute Gasteiger partial charge is 0.346 e. The molecular weight excluding hydrogens is 280 g/mol. The lowest BCUT2D eigenvalue weighted by atomic mass is 9.92. The molecule has 2 atom stereocenters. The van der Waals surface area contributed by atoms with Crippen LogP contribution in [0.1, 0.15) is 45.4 Å². The molecule has 1 saturated heterocycles. The number of aromatic nitrogens is 3. The van der Waals surface area contributed by atoms with Gasteiger partial charge in [0.25, 0.3) is 0 Å². The Morgan fingerprint density at radius 2 is 1.91 bits per heavy atom. The highest BCUT2D eigenvalue weighted by Gasteiger charge is 2.26. The second kappa shape index (κ2) is 6.26. The minimum absolute atomic E-state index is 0.0220. The Bertz CT molecular complexity index is 594. The maximum atomic E-state index is 12.5. The predicted octanol–water partition coefficient (Wildman–Crippen LogP) is 1.28. The highest BCUT2D eigenvalue weighted by Crippen LogP contribution is 2.21. The van der Waals surface area contributed by atoms with Crippen LogP contribution in [0.25, 0.3) is 0 Å². The normalized spacial score (nSPS) is 25.6. The summed E-state index contributed by atoms with van der Waals surface area (Å²) in [5.74, 6) is 1.93. The minimum atomic E-state index is -0.122. The molecule has 6 nitrogen and oxygen atoms in total. The molecule has 0 radical (unpaired) electrons. The molecule has 0 saturated carbocycles. The van der Waals surface area contributed by atoms with Crippen LogP contribution in [-0.4, -0.2) is 38.2 Å². The number of nitrogens with zero attached hydrogens (tertiary/aromatic N) is 4. The van der Waals surface area contributed by atoms with Gasteiger partial charge in [0.05, 0.1) is 0 Å². The summed E-state index contributed by atoms with van der Waals surface area (Å²) in [5.41, 5.74) is -0.122. The van der Waals surface area contributed by atoms with Crippen LogP contribution < -0.4 is 5.69 Å². The van der Waals surface area contributed by atoms with E-state index in [4.69, 9.17) is 0 Å². The van der Waals surface area contributed by atoms with Gasteiger partial charge in [-0.05, 0) is 31.1 Å². The fourth-order valence-electron chi connectivity index (χ4n) is 3.82. The predicted molar refractivity (Wildman–Crippen MR) is 83.6 cm³/mol. The third-order valence-corrected chi connectivity index (χ3v) is 4.79. The van der Waals surface area contributed by atoms with E-state index in [9.17, 15) is 9.59 Å². The fraction of sp³-hybridized carbons (Fsp3) is 0.812. The standard InChI is InChI=1S/C16H26N4O2/c1-12-8-13(2)10-18(9-12)15(21)11-20-16(22)19-7-5-3-4-6-14(19)17-20/h12-13H,3-11H2,1-2H3. The quantitative estimate of drug-likeness (QED) is 0.827. The Balaban J connectivity index is 1.73. The van der Waals surface area contributed by atoms with E-state index in [0.717, 1.165) is 51.1 Å². The summed E-state index contributed by atoms with van der Waals surface area (Å²) in [6.07, 6.45) is 5.25. The second-order valence-electron chi connectivity index (χ2n) is 7.06. The first kappa shape index (κ1) is 15.3. The molecule has 3 heterocycles. The van der Waals surface area contributed by atoms with Gasteiger partial charge in [0.1, 0.15) is 12.4 Å². The maximum Gasteiger partial charge on any atom is 0.346 e. The number of likely N-dealkylation sites (tertiary alicyclic amines) is 1. The first-order valence-electron chi connectivity index (χ1n) is 8.49. The first-order chi connectivity index (χ1) is 10.5. The smallest absolute Gasteiger partial charge is 0.341 e. The summed E-state index contributed by atoms with van der Waals surface area (Å²) in [5, 5.41) is 4.40. The van der Waals surface area contributed by atoms with Crippen molar-refractivity contribution in [2.24, 2.45) is 11.8 Å². The van der Waals surface area contributed by atoms with Crippen molar-refractivity contribution in [1.82, 2.24) is 19.2 Å². The molecule has 2 unspecified atom stereocenters. The molecule has 1 aromatic heterocycles. The molecule has 0 bridgehead atoms. The Morgan fingerprint density at radius 3 is 2.64 bits per heavy atom. The Morgan fingerprint density at radius 1 is 1.18 bits per heavy atom. The number of carbonyl (C=O) groups is 1. The summed E-state index contributed by atoms with van der Waals surface area (Å²) in [6, 6.07) is 0. The Hall–Kier alpha value is -1.59. The van der Waals surface area contributed by atoms with Gasteiger partial charge in [-0.25, -0.2) is 9.48 Å². The van der Waals surface area contributed by atoms with Crippen molar-refractivity contribution in [2.75, 3.05) is 13.1 Å². The van der Waals surface area contributed by atoms with Gasteiger partial charge in [0, 0.05) is 26.1 Å². The van der Waals surface area contributed by atoms with Crippen LogP contribution in [-0.2, 0) is 24.3 Å². The average Bonchev–Trinajstić information content (AvgIpc) is 2.65. The third-order valence-electron chi connectivity index (χ3n) is 4.79. The zero-order valence-corrected chi connectivity index (χ0v) is 13.6. The summed E-state index contributed by atoms with van der Waals surface area (Å²) in [6.45, 7) is 6.78. The van der Waals surface area contributed by atoms with E-state index in [1.54, 1.807) is 4.57 Å². The zero-order valence-electron chi connectivity index (χ0n) is 13.6. The molecule has 3 rings (SSSR count). The second-order valence-corrected chi connectivity index (χ2v) is 7.06. The highest BCUT2D eigenvalue weighted by molar-refractivity contribution is 5.76. The van der Waals surface area contributed by atoms with Gasteiger partial charge in [-0.2, -0.15) is 5.10 Å². The summed E-state index contributed by atoms with van der Waals surface area (Å²) in [4.78, 5) is 26.8.